The maximum absolute atomic E-state index is 12.9. The van der Waals surface area contributed by atoms with Gasteiger partial charge in [-0.05, 0) is 44.0 Å². The summed E-state index contributed by atoms with van der Waals surface area (Å²) in [4.78, 5) is 2.07. The molecule has 3 N–H and O–H groups in total. The normalized spacial score (nSPS) is 18.7. The molecule has 1 aromatic rings. The van der Waals surface area contributed by atoms with Crippen LogP contribution in [0.2, 0.25) is 0 Å². The molecule has 1 saturated heterocycles. The van der Waals surface area contributed by atoms with Crippen molar-refractivity contribution in [3.8, 4) is 0 Å². The first-order chi connectivity index (χ1) is 10.9. The minimum Gasteiger partial charge on any atom is -0.340 e. The molecule has 0 radical (unpaired) electrons. The van der Waals surface area contributed by atoms with Crippen molar-refractivity contribution >= 4 is 16.0 Å². The van der Waals surface area contributed by atoms with Crippen LogP contribution in [0.25, 0.3) is 0 Å². The van der Waals surface area contributed by atoms with Gasteiger partial charge in [-0.1, -0.05) is 25.5 Å². The van der Waals surface area contributed by atoms with Gasteiger partial charge in [-0.25, -0.2) is 12.7 Å². The Morgan fingerprint density at radius 3 is 2.52 bits per heavy atom. The number of sulfonamides is 1. The number of hydrogen-bond donors (Lipinski definition) is 2. The lowest BCUT2D eigenvalue weighted by Gasteiger charge is -2.23. The molecule has 1 fully saturated rings. The molecule has 128 valence electrons. The lowest BCUT2D eigenvalue weighted by atomic mass is 10.2. The molecular formula is C16H26N4O2S. The Balaban J connectivity index is 2.23. The first-order valence-electron chi connectivity index (χ1n) is 8.08. The highest BCUT2D eigenvalue weighted by Crippen LogP contribution is 2.25. The third-order valence-corrected chi connectivity index (χ3v) is 6.01. The predicted octanol–water partition coefficient (Wildman–Crippen LogP) is 1.62. The Hall–Kier alpha value is -1.60. The molecule has 2 rings (SSSR count). The van der Waals surface area contributed by atoms with Crippen LogP contribution in [0, 0.1) is 5.41 Å². The van der Waals surface area contributed by atoms with Crippen molar-refractivity contribution < 1.29 is 8.42 Å². The standard InChI is InChI=1S/C16H26N4O2S/c1-3-4-11-19-12-13(2)20(16(19)18)23(21,22)15-7-5-14(6-8-15)9-10-17/h5-8,13,18H,3-4,9-12,17H2,1-2H3. The Bertz CT molecular complexity index is 643. The van der Waals surface area contributed by atoms with Gasteiger partial charge in [-0.15, -0.1) is 0 Å². The maximum Gasteiger partial charge on any atom is 0.266 e. The molecule has 1 heterocycles. The molecule has 7 heteroatoms. The lowest BCUT2D eigenvalue weighted by Crippen LogP contribution is -2.39. The van der Waals surface area contributed by atoms with Crippen molar-refractivity contribution in [1.82, 2.24) is 9.21 Å². The van der Waals surface area contributed by atoms with Gasteiger partial charge in [-0.2, -0.15) is 0 Å². The van der Waals surface area contributed by atoms with Crippen LogP contribution in [0.1, 0.15) is 32.3 Å². The number of unbranched alkanes of at least 4 members (excludes halogenated alkanes) is 1. The van der Waals surface area contributed by atoms with Crippen LogP contribution in [0.4, 0.5) is 0 Å². The summed E-state index contributed by atoms with van der Waals surface area (Å²) in [5, 5.41) is 8.24. The van der Waals surface area contributed by atoms with E-state index in [-0.39, 0.29) is 16.9 Å². The predicted molar refractivity (Wildman–Crippen MR) is 91.9 cm³/mol. The molecule has 0 saturated carbocycles. The topological polar surface area (TPSA) is 90.5 Å². The van der Waals surface area contributed by atoms with Crippen LogP contribution in [0.3, 0.4) is 0 Å². The summed E-state index contributed by atoms with van der Waals surface area (Å²) in [6, 6.07) is 6.56. The van der Waals surface area contributed by atoms with E-state index in [1.807, 2.05) is 11.8 Å². The van der Waals surface area contributed by atoms with Gasteiger partial charge in [0.2, 0.25) is 5.96 Å². The fourth-order valence-corrected chi connectivity index (χ4v) is 4.42. The third-order valence-electron chi connectivity index (χ3n) is 4.09. The van der Waals surface area contributed by atoms with E-state index >= 15 is 0 Å². The van der Waals surface area contributed by atoms with E-state index in [0.29, 0.717) is 13.1 Å². The molecule has 1 aromatic carbocycles. The van der Waals surface area contributed by atoms with E-state index in [1.54, 1.807) is 24.3 Å². The van der Waals surface area contributed by atoms with Crippen molar-refractivity contribution in [1.29, 1.82) is 5.41 Å². The average molecular weight is 338 g/mol. The highest BCUT2D eigenvalue weighted by Gasteiger charge is 2.40. The zero-order valence-corrected chi connectivity index (χ0v) is 14.6. The highest BCUT2D eigenvalue weighted by atomic mass is 32.2. The molecule has 6 nitrogen and oxygen atoms in total. The molecule has 1 aliphatic heterocycles. The molecule has 1 unspecified atom stereocenters. The quantitative estimate of drug-likeness (QED) is 0.790. The summed E-state index contributed by atoms with van der Waals surface area (Å²) in [5.41, 5.74) is 6.53. The molecule has 0 spiro atoms. The molecule has 0 aromatic heterocycles. The minimum absolute atomic E-state index is 0.0805. The van der Waals surface area contributed by atoms with E-state index in [4.69, 9.17) is 11.1 Å². The van der Waals surface area contributed by atoms with Gasteiger partial charge < -0.3 is 10.6 Å². The van der Waals surface area contributed by atoms with Gasteiger partial charge in [0, 0.05) is 13.1 Å². The Morgan fingerprint density at radius 2 is 1.96 bits per heavy atom. The van der Waals surface area contributed by atoms with Gasteiger partial charge in [0.1, 0.15) is 0 Å². The molecule has 0 bridgehead atoms. The second-order valence-corrected chi connectivity index (χ2v) is 7.77. The number of rotatable bonds is 7. The summed E-state index contributed by atoms with van der Waals surface area (Å²) in [7, 11) is -3.69. The smallest absolute Gasteiger partial charge is 0.266 e. The van der Waals surface area contributed by atoms with Crippen LogP contribution in [0.5, 0.6) is 0 Å². The SMILES string of the molecule is CCCCN1CC(C)N(S(=O)(=O)c2ccc(CCN)cc2)C1=N. The summed E-state index contributed by atoms with van der Waals surface area (Å²) >= 11 is 0. The number of nitrogens with one attached hydrogen (secondary N) is 1. The largest absolute Gasteiger partial charge is 0.340 e. The Labute approximate surface area is 138 Å². The highest BCUT2D eigenvalue weighted by molar-refractivity contribution is 7.89. The van der Waals surface area contributed by atoms with Crippen molar-refractivity contribution in [3.05, 3.63) is 29.8 Å². The van der Waals surface area contributed by atoms with E-state index in [9.17, 15) is 8.42 Å². The number of nitrogens with two attached hydrogens (primary N) is 1. The minimum atomic E-state index is -3.69. The van der Waals surface area contributed by atoms with Gasteiger partial charge in [0.25, 0.3) is 10.0 Å². The molecular weight excluding hydrogens is 312 g/mol. The summed E-state index contributed by atoms with van der Waals surface area (Å²) in [6.45, 7) is 5.76. The second kappa shape index (κ2) is 7.31. The van der Waals surface area contributed by atoms with E-state index < -0.39 is 10.0 Å². The van der Waals surface area contributed by atoms with Gasteiger partial charge in [0.05, 0.1) is 10.9 Å². The summed E-state index contributed by atoms with van der Waals surface area (Å²) in [6.07, 6.45) is 2.70. The van der Waals surface area contributed by atoms with Crippen LogP contribution >= 0.6 is 0 Å². The number of hydrogen-bond acceptors (Lipinski definition) is 4. The van der Waals surface area contributed by atoms with Crippen LogP contribution in [-0.2, 0) is 16.4 Å². The van der Waals surface area contributed by atoms with E-state index in [0.717, 1.165) is 31.4 Å². The van der Waals surface area contributed by atoms with E-state index in [1.165, 1.54) is 4.31 Å². The number of benzene rings is 1. The molecule has 23 heavy (non-hydrogen) atoms. The molecule has 1 aliphatic rings. The number of nitrogens with zero attached hydrogens (tertiary/aromatic N) is 2. The zero-order valence-electron chi connectivity index (χ0n) is 13.8. The number of guanidine groups is 1. The van der Waals surface area contributed by atoms with Crippen molar-refractivity contribution in [2.24, 2.45) is 5.73 Å². The van der Waals surface area contributed by atoms with Gasteiger partial charge in [0.15, 0.2) is 0 Å². The molecule has 0 aliphatic carbocycles. The fraction of sp³-hybridized carbons (Fsp3) is 0.562. The van der Waals surface area contributed by atoms with Crippen LogP contribution in [0.15, 0.2) is 29.2 Å². The van der Waals surface area contributed by atoms with Crippen molar-refractivity contribution in [2.75, 3.05) is 19.6 Å². The van der Waals surface area contributed by atoms with E-state index in [2.05, 4.69) is 6.92 Å². The summed E-state index contributed by atoms with van der Waals surface area (Å²) in [5.74, 6) is 0.0805. The fourth-order valence-electron chi connectivity index (χ4n) is 2.83. The van der Waals surface area contributed by atoms with Gasteiger partial charge >= 0.3 is 0 Å². The second-order valence-electron chi connectivity index (χ2n) is 5.96. The van der Waals surface area contributed by atoms with Crippen LogP contribution < -0.4 is 5.73 Å². The monoisotopic (exact) mass is 338 g/mol. The molecule has 0 amide bonds. The molecule has 1 atom stereocenters. The third kappa shape index (κ3) is 3.67. The maximum atomic E-state index is 12.9. The summed E-state index contributed by atoms with van der Waals surface area (Å²) < 4.78 is 27.0. The van der Waals surface area contributed by atoms with Crippen LogP contribution in [-0.4, -0.2) is 49.3 Å². The average Bonchev–Trinajstić information content (AvgIpc) is 2.80. The van der Waals surface area contributed by atoms with Crippen molar-refractivity contribution in [2.45, 2.75) is 44.0 Å². The Kier molecular flexibility index (Phi) is 5.64. The first-order valence-corrected chi connectivity index (χ1v) is 9.52. The first kappa shape index (κ1) is 17.7. The van der Waals surface area contributed by atoms with Gasteiger partial charge in [-0.3, -0.25) is 5.41 Å². The zero-order chi connectivity index (χ0) is 17.0. The lowest BCUT2D eigenvalue weighted by molar-refractivity contribution is 0.417. The van der Waals surface area contributed by atoms with Crippen molar-refractivity contribution in [3.63, 3.8) is 0 Å². The Morgan fingerprint density at radius 1 is 1.30 bits per heavy atom.